The molecule has 0 saturated carbocycles. The van der Waals surface area contributed by atoms with Crippen LogP contribution >= 0.6 is 0 Å². The lowest BCUT2D eigenvalue weighted by atomic mass is 9.93. The molecule has 2 aliphatic heterocycles. The summed E-state index contributed by atoms with van der Waals surface area (Å²) in [4.78, 5) is 18.7. The van der Waals surface area contributed by atoms with Crippen LogP contribution in [0.1, 0.15) is 19.3 Å². The third kappa shape index (κ3) is 4.13. The van der Waals surface area contributed by atoms with E-state index in [2.05, 4.69) is 37.0 Å². The second kappa shape index (κ2) is 9.04. The highest BCUT2D eigenvalue weighted by Gasteiger charge is 2.36. The fourth-order valence-electron chi connectivity index (χ4n) is 5.63. The Kier molecular flexibility index (Phi) is 5.39. The van der Waals surface area contributed by atoms with Gasteiger partial charge in [-0.15, -0.1) is 5.10 Å². The fraction of sp³-hybridized carbons (Fsp3) is 0.333. The van der Waals surface area contributed by atoms with Crippen molar-refractivity contribution in [2.45, 2.75) is 31.3 Å². The Morgan fingerprint density at radius 1 is 1.05 bits per heavy atom. The number of rotatable bonds is 5. The molecule has 2 fully saturated rings. The first-order valence-corrected chi connectivity index (χ1v) is 12.8. The number of hydrogen-bond donors (Lipinski definition) is 1. The number of nitrogen functional groups attached to an aromatic ring is 1. The lowest BCUT2D eigenvalue weighted by Crippen LogP contribution is -2.59. The van der Waals surface area contributed by atoms with Crippen molar-refractivity contribution >= 4 is 28.3 Å². The van der Waals surface area contributed by atoms with Gasteiger partial charge in [-0.2, -0.15) is 14.5 Å². The number of aromatic nitrogens is 5. The van der Waals surface area contributed by atoms with Crippen molar-refractivity contribution in [3.63, 3.8) is 0 Å². The molecule has 0 spiro atoms. The lowest BCUT2D eigenvalue weighted by molar-refractivity contribution is 0.0433. The zero-order valence-electron chi connectivity index (χ0n) is 20.4. The Hall–Kier alpha value is -4.18. The maximum absolute atomic E-state index is 6.35. The molecule has 10 nitrogen and oxygen atoms in total. The molecule has 0 amide bonds. The van der Waals surface area contributed by atoms with E-state index in [-0.39, 0.29) is 0 Å². The molecule has 188 valence electrons. The third-order valence-electron chi connectivity index (χ3n) is 7.48. The van der Waals surface area contributed by atoms with Crippen molar-refractivity contribution < 1.29 is 9.15 Å². The van der Waals surface area contributed by atoms with Crippen LogP contribution < -0.4 is 15.4 Å². The summed E-state index contributed by atoms with van der Waals surface area (Å²) >= 11 is 0. The summed E-state index contributed by atoms with van der Waals surface area (Å²) < 4.78 is 13.3. The van der Waals surface area contributed by atoms with Crippen LogP contribution in [0, 0.1) is 0 Å². The molecule has 2 N–H and O–H groups in total. The van der Waals surface area contributed by atoms with E-state index in [0.717, 1.165) is 54.9 Å². The molecule has 2 aliphatic rings. The van der Waals surface area contributed by atoms with Crippen molar-refractivity contribution in [2.75, 3.05) is 36.9 Å². The average molecular weight is 497 g/mol. The van der Waals surface area contributed by atoms with Gasteiger partial charge >= 0.3 is 0 Å². The molecule has 0 radical (unpaired) electrons. The zero-order chi connectivity index (χ0) is 24.8. The smallest absolute Gasteiger partial charge is 0.256 e. The van der Waals surface area contributed by atoms with E-state index in [1.54, 1.807) is 10.8 Å². The number of piperidine rings is 1. The van der Waals surface area contributed by atoms with E-state index < -0.39 is 0 Å². The summed E-state index contributed by atoms with van der Waals surface area (Å²) in [5.74, 6) is 3.77. The topological polar surface area (TPSA) is 111 Å². The lowest BCUT2D eigenvalue weighted by Gasteiger charge is -2.48. The number of ether oxygens (including phenoxy) is 1. The highest BCUT2D eigenvalue weighted by atomic mass is 16.5. The maximum Gasteiger partial charge on any atom is 0.256 e. The molecular formula is C27H28N8O2. The van der Waals surface area contributed by atoms with Crippen LogP contribution in [-0.4, -0.2) is 67.8 Å². The molecular weight excluding hydrogens is 468 g/mol. The monoisotopic (exact) mass is 496 g/mol. The molecule has 0 bridgehead atoms. The first-order valence-electron chi connectivity index (χ1n) is 12.8. The number of anilines is 2. The van der Waals surface area contributed by atoms with Crippen LogP contribution in [-0.2, 0) is 0 Å². The number of pyridine rings is 1. The van der Waals surface area contributed by atoms with Crippen molar-refractivity contribution in [2.24, 2.45) is 0 Å². The Morgan fingerprint density at radius 2 is 2.03 bits per heavy atom. The summed E-state index contributed by atoms with van der Waals surface area (Å²) in [6.07, 6.45) is 6.92. The van der Waals surface area contributed by atoms with Crippen LogP contribution in [0.25, 0.3) is 28.3 Å². The molecule has 2 saturated heterocycles. The fourth-order valence-corrected chi connectivity index (χ4v) is 5.63. The summed E-state index contributed by atoms with van der Waals surface area (Å²) in [7, 11) is 0. The molecule has 0 unspecified atom stereocenters. The first kappa shape index (κ1) is 22.1. The summed E-state index contributed by atoms with van der Waals surface area (Å²) in [6, 6.07) is 16.5. The van der Waals surface area contributed by atoms with E-state index in [4.69, 9.17) is 19.9 Å². The van der Waals surface area contributed by atoms with Crippen LogP contribution in [0.15, 0.2) is 65.4 Å². The van der Waals surface area contributed by atoms with E-state index >= 15 is 0 Å². The zero-order valence-corrected chi connectivity index (χ0v) is 20.4. The van der Waals surface area contributed by atoms with Crippen molar-refractivity contribution in [3.8, 4) is 17.3 Å². The number of nitrogens with zero attached hydrogens (tertiary/aromatic N) is 7. The Bertz CT molecular complexity index is 1550. The van der Waals surface area contributed by atoms with Gasteiger partial charge in [-0.1, -0.05) is 12.5 Å². The maximum atomic E-state index is 6.35. The third-order valence-corrected chi connectivity index (χ3v) is 7.48. The molecule has 5 aromatic rings. The largest absolute Gasteiger partial charge is 0.492 e. The van der Waals surface area contributed by atoms with Gasteiger partial charge in [0.1, 0.15) is 24.0 Å². The van der Waals surface area contributed by atoms with E-state index in [9.17, 15) is 0 Å². The number of fused-ring (bicyclic) bond motifs is 3. The molecule has 37 heavy (non-hydrogen) atoms. The second-order valence-electron chi connectivity index (χ2n) is 9.76. The quantitative estimate of drug-likeness (QED) is 0.390. The van der Waals surface area contributed by atoms with Crippen LogP contribution in [0.4, 0.5) is 11.6 Å². The van der Waals surface area contributed by atoms with Gasteiger partial charge in [-0.3, -0.25) is 9.88 Å². The van der Waals surface area contributed by atoms with Crippen LogP contribution in [0.3, 0.4) is 0 Å². The van der Waals surface area contributed by atoms with Gasteiger partial charge in [0, 0.05) is 55.4 Å². The summed E-state index contributed by atoms with van der Waals surface area (Å²) in [5, 5.41) is 5.58. The average Bonchev–Trinajstić information content (AvgIpc) is 3.62. The van der Waals surface area contributed by atoms with E-state index in [1.807, 2.05) is 42.6 Å². The minimum atomic E-state index is 0.396. The molecule has 2 atom stereocenters. The Balaban J connectivity index is 1.05. The minimum Gasteiger partial charge on any atom is -0.492 e. The molecule has 4 aromatic heterocycles. The standard InChI is InChI=1S/C27H28N8O2/c28-24-15-25(30-27-31-26(32-35(24)27)23-7-3-13-36-23)33-11-12-34-19(16-33)5-1-6-20(34)17-37-21-9-8-18-4-2-10-29-22(18)14-21/h2-4,7-10,13-15,19-20H,1,5-6,11-12,16-17,28H2/t19-,20+/m0/s1. The van der Waals surface area contributed by atoms with Gasteiger partial charge in [0.15, 0.2) is 5.76 Å². The van der Waals surface area contributed by atoms with Gasteiger partial charge in [0.05, 0.1) is 11.8 Å². The van der Waals surface area contributed by atoms with Crippen LogP contribution in [0.2, 0.25) is 0 Å². The second-order valence-corrected chi connectivity index (χ2v) is 9.76. The normalized spacial score (nSPS) is 20.4. The molecule has 0 aliphatic carbocycles. The summed E-state index contributed by atoms with van der Waals surface area (Å²) in [6.45, 7) is 3.41. The molecule has 10 heteroatoms. The van der Waals surface area contributed by atoms with E-state index in [0.29, 0.717) is 41.9 Å². The Morgan fingerprint density at radius 3 is 2.95 bits per heavy atom. The van der Waals surface area contributed by atoms with Gasteiger partial charge in [-0.25, -0.2) is 0 Å². The highest BCUT2D eigenvalue weighted by molar-refractivity contribution is 5.79. The van der Waals surface area contributed by atoms with Crippen molar-refractivity contribution in [1.29, 1.82) is 0 Å². The van der Waals surface area contributed by atoms with Crippen LogP contribution in [0.5, 0.6) is 5.75 Å². The Labute approximate surface area is 213 Å². The number of piperazine rings is 1. The first-order chi connectivity index (χ1) is 18.2. The SMILES string of the molecule is Nc1cc(N2CCN3[C@@H](COc4ccc5cccnc5c4)CCC[C@H]3C2)nc2nc(-c3ccco3)nn12. The number of hydrogen-bond acceptors (Lipinski definition) is 9. The number of benzene rings is 1. The van der Waals surface area contributed by atoms with Gasteiger partial charge in [0.2, 0.25) is 5.82 Å². The number of nitrogens with two attached hydrogens (primary N) is 1. The number of furan rings is 1. The van der Waals surface area contributed by atoms with E-state index in [1.165, 1.54) is 6.42 Å². The summed E-state index contributed by atoms with van der Waals surface area (Å²) in [5.41, 5.74) is 7.31. The predicted molar refractivity (Wildman–Crippen MR) is 140 cm³/mol. The molecule has 6 heterocycles. The van der Waals surface area contributed by atoms with Gasteiger partial charge in [0.25, 0.3) is 5.78 Å². The minimum absolute atomic E-state index is 0.396. The van der Waals surface area contributed by atoms with Crippen molar-refractivity contribution in [3.05, 3.63) is 61.0 Å². The highest BCUT2D eigenvalue weighted by Crippen LogP contribution is 2.30. The molecule has 1 aromatic carbocycles. The predicted octanol–water partition coefficient (Wildman–Crippen LogP) is 3.64. The van der Waals surface area contributed by atoms with Gasteiger partial charge in [-0.05, 0) is 43.2 Å². The van der Waals surface area contributed by atoms with Gasteiger partial charge < -0.3 is 19.8 Å². The molecule has 7 rings (SSSR count). The van der Waals surface area contributed by atoms with Crippen molar-refractivity contribution in [1.82, 2.24) is 29.5 Å².